The zero-order valence-corrected chi connectivity index (χ0v) is 26.2. The standard InChI is InChI=1S/C29H32BrCl2N4O4/c1-18(2)12-13-36(17-37,23-7-9-25(39-4)29(40-5)28(23)32)16-21-22(35-27(33-21)11-10-26(31)34-35)15-19-14-20(30)6-8-24(19)38-3/h6-11,14,17-18H,12-13,15-16H2,1-5H3/q+1. The Balaban J connectivity index is 1.93. The minimum atomic E-state index is -0.0996. The Labute approximate surface area is 252 Å². The first-order valence-electron chi connectivity index (χ1n) is 12.8. The van der Waals surface area contributed by atoms with Crippen molar-refractivity contribution in [1.82, 2.24) is 19.1 Å². The number of benzene rings is 2. The summed E-state index contributed by atoms with van der Waals surface area (Å²) in [4.78, 5) is 18.1. The van der Waals surface area contributed by atoms with Crippen molar-refractivity contribution >= 4 is 56.9 Å². The smallest absolute Gasteiger partial charge is 0.306 e. The Kier molecular flexibility index (Phi) is 9.61. The highest BCUT2D eigenvalue weighted by atomic mass is 79.9. The van der Waals surface area contributed by atoms with E-state index in [1.165, 1.54) is 7.11 Å². The molecule has 0 saturated carbocycles. The van der Waals surface area contributed by atoms with E-state index in [9.17, 15) is 4.79 Å². The number of hydrogen-bond acceptors (Lipinski definition) is 6. The first-order valence-corrected chi connectivity index (χ1v) is 14.3. The topological polar surface area (TPSA) is 75.0 Å². The minimum Gasteiger partial charge on any atom is -0.496 e. The van der Waals surface area contributed by atoms with Gasteiger partial charge in [0.15, 0.2) is 22.8 Å². The van der Waals surface area contributed by atoms with E-state index in [4.69, 9.17) is 42.4 Å². The van der Waals surface area contributed by atoms with Crippen molar-refractivity contribution in [2.45, 2.75) is 33.2 Å². The van der Waals surface area contributed by atoms with Crippen molar-refractivity contribution in [2.24, 2.45) is 5.92 Å². The second-order valence-corrected chi connectivity index (χ2v) is 11.6. The molecule has 0 fully saturated rings. The summed E-state index contributed by atoms with van der Waals surface area (Å²) in [6.45, 7) is 4.98. The van der Waals surface area contributed by atoms with Crippen LogP contribution in [0.1, 0.15) is 37.2 Å². The number of fused-ring (bicyclic) bond motifs is 1. The van der Waals surface area contributed by atoms with Gasteiger partial charge in [0.1, 0.15) is 28.2 Å². The second kappa shape index (κ2) is 12.8. The Morgan fingerprint density at radius 2 is 1.75 bits per heavy atom. The highest BCUT2D eigenvalue weighted by Crippen LogP contribution is 2.44. The van der Waals surface area contributed by atoms with E-state index in [0.717, 1.165) is 34.3 Å². The maximum absolute atomic E-state index is 13.2. The summed E-state index contributed by atoms with van der Waals surface area (Å²) in [5.41, 5.74) is 3.63. The van der Waals surface area contributed by atoms with Gasteiger partial charge in [-0.15, -0.1) is 0 Å². The minimum absolute atomic E-state index is 0.0996. The highest BCUT2D eigenvalue weighted by molar-refractivity contribution is 9.10. The fraction of sp³-hybridized carbons (Fsp3) is 0.345. The molecular formula is C29H32BrCl2N4O4+. The predicted octanol–water partition coefficient (Wildman–Crippen LogP) is 7.13. The normalized spacial score (nSPS) is 12.9. The van der Waals surface area contributed by atoms with Crippen molar-refractivity contribution < 1.29 is 19.0 Å². The van der Waals surface area contributed by atoms with Gasteiger partial charge in [-0.2, -0.15) is 5.10 Å². The van der Waals surface area contributed by atoms with Gasteiger partial charge in [-0.05, 0) is 48.7 Å². The number of rotatable bonds is 12. The number of amides is 1. The molecule has 0 aliphatic heterocycles. The van der Waals surface area contributed by atoms with Crippen molar-refractivity contribution in [2.75, 3.05) is 27.9 Å². The Morgan fingerprint density at radius 3 is 2.40 bits per heavy atom. The van der Waals surface area contributed by atoms with Crippen LogP contribution >= 0.6 is 39.1 Å². The molecule has 0 aliphatic rings. The van der Waals surface area contributed by atoms with E-state index >= 15 is 0 Å². The molecule has 0 bridgehead atoms. The number of imidazole rings is 1. The number of ether oxygens (including phenoxy) is 3. The SMILES string of the molecule is COc1ccc(Br)cc1Cc1c(C[N+](C=O)(CCC(C)C)c2ccc(OC)c(OC)c2Cl)nc2ccc(Cl)nn12. The summed E-state index contributed by atoms with van der Waals surface area (Å²) in [6, 6.07) is 12.9. The molecule has 0 N–H and O–H groups in total. The number of nitrogens with zero attached hydrogens (tertiary/aromatic N) is 4. The number of quaternary nitrogens is 1. The summed E-state index contributed by atoms with van der Waals surface area (Å²) >= 11 is 16.8. The van der Waals surface area contributed by atoms with Crippen molar-refractivity contribution in [3.63, 3.8) is 0 Å². The molecule has 8 nitrogen and oxygen atoms in total. The van der Waals surface area contributed by atoms with Gasteiger partial charge in [0, 0.05) is 22.5 Å². The first kappa shape index (κ1) is 30.1. The molecule has 4 rings (SSSR count). The summed E-state index contributed by atoms with van der Waals surface area (Å²) in [6.07, 6.45) is 2.15. The van der Waals surface area contributed by atoms with E-state index in [-0.39, 0.29) is 11.0 Å². The zero-order valence-electron chi connectivity index (χ0n) is 23.1. The van der Waals surface area contributed by atoms with E-state index in [1.54, 1.807) is 30.9 Å². The number of hydrogen-bond donors (Lipinski definition) is 0. The molecule has 0 aliphatic carbocycles. The van der Waals surface area contributed by atoms with Crippen molar-refractivity contribution in [3.8, 4) is 17.2 Å². The molecule has 11 heteroatoms. The first-order chi connectivity index (χ1) is 19.2. The average molecular weight is 651 g/mol. The fourth-order valence-electron chi connectivity index (χ4n) is 4.78. The Bertz CT molecular complexity index is 1530. The van der Waals surface area contributed by atoms with E-state index < -0.39 is 0 Å². The number of halogens is 3. The van der Waals surface area contributed by atoms with Crippen LogP contribution in [0.15, 0.2) is 46.9 Å². The van der Waals surface area contributed by atoms with Crippen LogP contribution in [0, 0.1) is 5.92 Å². The summed E-state index contributed by atoms with van der Waals surface area (Å²) < 4.78 is 19.2. The third-order valence-electron chi connectivity index (χ3n) is 6.90. The van der Waals surface area contributed by atoms with Crippen LogP contribution in [0.5, 0.6) is 17.2 Å². The van der Waals surface area contributed by atoms with E-state index in [0.29, 0.717) is 57.6 Å². The van der Waals surface area contributed by atoms with Crippen LogP contribution in [0.25, 0.3) is 5.65 Å². The number of aromatic nitrogens is 3. The van der Waals surface area contributed by atoms with Gasteiger partial charge in [-0.1, -0.05) is 53.0 Å². The van der Waals surface area contributed by atoms with Gasteiger partial charge in [-0.25, -0.2) is 18.8 Å². The predicted molar refractivity (Wildman–Crippen MR) is 162 cm³/mol. The molecule has 0 saturated heterocycles. The maximum atomic E-state index is 13.2. The monoisotopic (exact) mass is 649 g/mol. The van der Waals surface area contributed by atoms with Gasteiger partial charge >= 0.3 is 6.41 Å². The summed E-state index contributed by atoms with van der Waals surface area (Å²) in [7, 11) is 4.71. The van der Waals surface area contributed by atoms with Gasteiger partial charge in [0.05, 0.1) is 33.6 Å². The van der Waals surface area contributed by atoms with E-state index in [1.807, 2.05) is 30.3 Å². The molecular weight excluding hydrogens is 619 g/mol. The van der Waals surface area contributed by atoms with Crippen LogP contribution in [0.3, 0.4) is 0 Å². The van der Waals surface area contributed by atoms with Crippen LogP contribution in [0.2, 0.25) is 10.2 Å². The molecule has 2 aromatic carbocycles. The highest BCUT2D eigenvalue weighted by Gasteiger charge is 2.37. The quantitative estimate of drug-likeness (QED) is 0.120. The molecule has 0 spiro atoms. The van der Waals surface area contributed by atoms with Crippen LogP contribution < -0.4 is 18.7 Å². The molecule has 2 aromatic heterocycles. The maximum Gasteiger partial charge on any atom is 0.306 e. The molecule has 0 radical (unpaired) electrons. The summed E-state index contributed by atoms with van der Waals surface area (Å²) in [5, 5.41) is 5.20. The molecule has 4 aromatic rings. The zero-order chi connectivity index (χ0) is 29.0. The van der Waals surface area contributed by atoms with Gasteiger partial charge in [0.25, 0.3) is 0 Å². The lowest BCUT2D eigenvalue weighted by molar-refractivity contribution is -0.118. The lowest BCUT2D eigenvalue weighted by Crippen LogP contribution is -2.49. The largest absolute Gasteiger partial charge is 0.496 e. The molecule has 1 atom stereocenters. The van der Waals surface area contributed by atoms with Crippen molar-refractivity contribution in [3.05, 3.63) is 74.1 Å². The molecule has 1 unspecified atom stereocenters. The third-order valence-corrected chi connectivity index (χ3v) is 7.96. The van der Waals surface area contributed by atoms with Crippen LogP contribution in [-0.4, -0.2) is 48.9 Å². The number of carbonyl (C=O) groups is 1. The van der Waals surface area contributed by atoms with E-state index in [2.05, 4.69) is 34.9 Å². The molecule has 212 valence electrons. The summed E-state index contributed by atoms with van der Waals surface area (Å²) in [5.74, 6) is 1.93. The van der Waals surface area contributed by atoms with Crippen molar-refractivity contribution in [1.29, 1.82) is 0 Å². The molecule has 2 heterocycles. The number of methoxy groups -OCH3 is 3. The fourth-order valence-corrected chi connectivity index (χ4v) is 5.73. The Morgan fingerprint density at radius 1 is 1.02 bits per heavy atom. The lowest BCUT2D eigenvalue weighted by atomic mass is 10.0. The van der Waals surface area contributed by atoms with Crippen LogP contribution in [-0.2, 0) is 17.8 Å². The Hall–Kier alpha value is -2.85. The second-order valence-electron chi connectivity index (χ2n) is 9.90. The molecule has 1 amide bonds. The van der Waals surface area contributed by atoms with Gasteiger partial charge in [-0.3, -0.25) is 0 Å². The van der Waals surface area contributed by atoms with Gasteiger partial charge < -0.3 is 14.2 Å². The van der Waals surface area contributed by atoms with Crippen LogP contribution in [0.4, 0.5) is 5.69 Å². The molecule has 40 heavy (non-hydrogen) atoms. The van der Waals surface area contributed by atoms with Gasteiger partial charge in [0.2, 0.25) is 0 Å². The third kappa shape index (κ3) is 6.07. The number of carbonyl (C=O) groups excluding carboxylic acids is 1. The lowest BCUT2D eigenvalue weighted by Gasteiger charge is -2.33. The average Bonchev–Trinajstić information content (AvgIpc) is 3.26.